The normalized spacial score (nSPS) is 12.8. The Morgan fingerprint density at radius 1 is 0.439 bits per heavy atom. The molecule has 0 saturated carbocycles. The highest BCUT2D eigenvalue weighted by Gasteiger charge is 2.72. The molecule has 288 valence electrons. The number of thiazole rings is 4. The standard InChI is InChI=1S/C39H22F6N4O4S4/c1-15-7-27(51)19(10-26(15)50)34-47-22-8-17(3-5-30(22)55-34)37(38(40,41)42,39(43,44)45)18-4-6-31-23(9-18)48-35(56-31)20-11-29(53)21(12-28(20)52)36-49-25-14-32-24(13-33(25)57-36)46-16(2)54-32/h3-14,50-53H,1-2H3. The summed E-state index contributed by atoms with van der Waals surface area (Å²) in [5, 5.41) is 44.3. The van der Waals surface area contributed by atoms with Gasteiger partial charge in [0, 0.05) is 0 Å². The van der Waals surface area contributed by atoms with E-state index in [-0.39, 0.29) is 70.1 Å². The van der Waals surface area contributed by atoms with E-state index in [2.05, 4.69) is 19.9 Å². The molecule has 4 aromatic heterocycles. The molecule has 5 aromatic carbocycles. The first-order valence-corrected chi connectivity index (χ1v) is 19.9. The summed E-state index contributed by atoms with van der Waals surface area (Å²) < 4.78 is 93.7. The minimum atomic E-state index is -5.91. The molecule has 8 nitrogen and oxygen atoms in total. The van der Waals surface area contributed by atoms with E-state index in [1.165, 1.54) is 46.9 Å². The third-order valence-corrected chi connectivity index (χ3v) is 13.7. The summed E-state index contributed by atoms with van der Waals surface area (Å²) in [6.07, 6.45) is -11.8. The molecule has 0 bridgehead atoms. The number of rotatable bonds is 5. The van der Waals surface area contributed by atoms with E-state index in [9.17, 15) is 20.4 Å². The van der Waals surface area contributed by atoms with Gasteiger partial charge in [0.1, 0.15) is 38.0 Å². The third-order valence-electron chi connectivity index (χ3n) is 9.62. The van der Waals surface area contributed by atoms with Gasteiger partial charge in [-0.15, -0.1) is 45.3 Å². The largest absolute Gasteiger partial charge is 0.508 e. The Morgan fingerprint density at radius 3 is 1.30 bits per heavy atom. The lowest BCUT2D eigenvalue weighted by Crippen LogP contribution is -2.54. The highest BCUT2D eigenvalue weighted by molar-refractivity contribution is 7.23. The number of hydrogen-bond donors (Lipinski definition) is 4. The minimum Gasteiger partial charge on any atom is -0.508 e. The second-order valence-electron chi connectivity index (χ2n) is 13.2. The Kier molecular flexibility index (Phi) is 8.27. The van der Waals surface area contributed by atoms with Crippen LogP contribution in [0.1, 0.15) is 21.7 Å². The van der Waals surface area contributed by atoms with E-state index in [0.717, 1.165) is 79.0 Å². The van der Waals surface area contributed by atoms with E-state index >= 15 is 26.3 Å². The first-order valence-electron chi connectivity index (χ1n) is 16.6. The van der Waals surface area contributed by atoms with Crippen molar-refractivity contribution in [1.82, 2.24) is 19.9 Å². The average Bonchev–Trinajstić information content (AvgIpc) is 3.92. The molecule has 0 aliphatic carbocycles. The van der Waals surface area contributed by atoms with E-state index < -0.39 is 28.9 Å². The van der Waals surface area contributed by atoms with Crippen LogP contribution in [0.2, 0.25) is 0 Å². The van der Waals surface area contributed by atoms with Gasteiger partial charge in [-0.05, 0) is 91.2 Å². The zero-order valence-corrected chi connectivity index (χ0v) is 32.2. The second kappa shape index (κ2) is 12.7. The van der Waals surface area contributed by atoms with Gasteiger partial charge in [0.05, 0.1) is 62.6 Å². The maximum atomic E-state index is 15.2. The van der Waals surface area contributed by atoms with Gasteiger partial charge in [0.2, 0.25) is 5.41 Å². The fraction of sp³-hybridized carbons (Fsp3) is 0.128. The summed E-state index contributed by atoms with van der Waals surface area (Å²) in [6.45, 7) is 3.44. The van der Waals surface area contributed by atoms with Crippen molar-refractivity contribution >= 4 is 86.2 Å². The van der Waals surface area contributed by atoms with E-state index in [1.54, 1.807) is 6.92 Å². The third kappa shape index (κ3) is 5.83. The first kappa shape index (κ1) is 37.0. The van der Waals surface area contributed by atoms with Crippen molar-refractivity contribution in [2.75, 3.05) is 0 Å². The molecule has 4 heterocycles. The fourth-order valence-electron chi connectivity index (χ4n) is 6.89. The lowest BCUT2D eigenvalue weighted by Gasteiger charge is -2.38. The van der Waals surface area contributed by atoms with Crippen molar-refractivity contribution in [3.05, 3.63) is 94.5 Å². The summed E-state index contributed by atoms with van der Waals surface area (Å²) >= 11 is 4.61. The number of fused-ring (bicyclic) bond motifs is 4. The van der Waals surface area contributed by atoms with Crippen molar-refractivity contribution in [2.45, 2.75) is 31.6 Å². The number of phenols is 4. The lowest BCUT2D eigenvalue weighted by atomic mass is 9.72. The molecule has 0 atom stereocenters. The van der Waals surface area contributed by atoms with Gasteiger partial charge in [-0.2, -0.15) is 26.3 Å². The van der Waals surface area contributed by atoms with Gasteiger partial charge in [-0.25, -0.2) is 19.9 Å². The van der Waals surface area contributed by atoms with E-state index in [0.29, 0.717) is 16.1 Å². The number of alkyl halides is 6. The van der Waals surface area contributed by atoms with E-state index in [1.807, 2.05) is 19.1 Å². The maximum Gasteiger partial charge on any atom is 0.411 e. The molecular formula is C39H22F6N4O4S4. The molecule has 0 radical (unpaired) electrons. The minimum absolute atomic E-state index is 0.0101. The zero-order valence-electron chi connectivity index (χ0n) is 28.9. The highest BCUT2D eigenvalue weighted by Crippen LogP contribution is 2.57. The van der Waals surface area contributed by atoms with Gasteiger partial charge in [-0.3, -0.25) is 0 Å². The zero-order chi connectivity index (χ0) is 40.3. The molecule has 4 N–H and O–H groups in total. The molecule has 18 heteroatoms. The number of halogens is 6. The Bertz CT molecular complexity index is 3050. The van der Waals surface area contributed by atoms with Crippen molar-refractivity contribution in [3.63, 3.8) is 0 Å². The molecule has 0 amide bonds. The number of benzene rings is 5. The average molecular weight is 853 g/mol. The van der Waals surface area contributed by atoms with Gasteiger partial charge in [0.15, 0.2) is 0 Å². The van der Waals surface area contributed by atoms with E-state index in [4.69, 9.17) is 0 Å². The van der Waals surface area contributed by atoms with Crippen LogP contribution in [0.15, 0.2) is 72.8 Å². The maximum absolute atomic E-state index is 15.2. The van der Waals surface area contributed by atoms with Crippen LogP contribution in [-0.2, 0) is 5.41 Å². The Hall–Kier alpha value is -5.56. The molecule has 0 spiro atoms. The fourth-order valence-corrected chi connectivity index (χ4v) is 10.7. The van der Waals surface area contributed by atoms with Gasteiger partial charge in [0.25, 0.3) is 0 Å². The van der Waals surface area contributed by atoms with Crippen LogP contribution in [0, 0.1) is 13.8 Å². The molecule has 0 unspecified atom stereocenters. The quantitative estimate of drug-likeness (QED) is 0.0994. The second-order valence-corrected chi connectivity index (χ2v) is 17.6. The molecule has 0 saturated heterocycles. The predicted octanol–water partition coefficient (Wildman–Crippen LogP) is 12.0. The molecule has 0 aliphatic rings. The van der Waals surface area contributed by atoms with Crippen LogP contribution < -0.4 is 0 Å². The van der Waals surface area contributed by atoms with Crippen molar-refractivity contribution in [2.24, 2.45) is 0 Å². The molecule has 9 rings (SSSR count). The van der Waals surface area contributed by atoms with Crippen molar-refractivity contribution in [3.8, 4) is 54.7 Å². The van der Waals surface area contributed by atoms with Crippen LogP contribution in [0.5, 0.6) is 23.0 Å². The summed E-state index contributed by atoms with van der Waals surface area (Å²) in [5.74, 6) is -1.08. The topological polar surface area (TPSA) is 132 Å². The smallest absolute Gasteiger partial charge is 0.411 e. The number of aryl methyl sites for hydroxylation is 2. The highest BCUT2D eigenvalue weighted by atomic mass is 32.1. The molecule has 57 heavy (non-hydrogen) atoms. The SMILES string of the molecule is Cc1nc2cc3sc(-c4cc(O)c(-c5nc6cc(C(c7ccc8sc(-c9cc(O)c(C)cc9O)nc8c7)(C(F)(F)F)C(F)(F)F)ccc6s5)cc4O)nc3cc2s1. The summed E-state index contributed by atoms with van der Waals surface area (Å²) in [5.41, 5.74) is -5.08. The molecule has 0 fully saturated rings. The number of phenolic OH excluding ortho intramolecular Hbond substituents is 4. The van der Waals surface area contributed by atoms with Crippen molar-refractivity contribution in [1.29, 1.82) is 0 Å². The van der Waals surface area contributed by atoms with Crippen LogP contribution in [0.4, 0.5) is 26.3 Å². The van der Waals surface area contributed by atoms with Gasteiger partial charge in [-0.1, -0.05) is 12.1 Å². The summed E-state index contributed by atoms with van der Waals surface area (Å²) in [7, 11) is 0. The van der Waals surface area contributed by atoms with Crippen LogP contribution in [0.3, 0.4) is 0 Å². The number of aromatic nitrogens is 4. The monoisotopic (exact) mass is 852 g/mol. The molecular weight excluding hydrogens is 831 g/mol. The van der Waals surface area contributed by atoms with Gasteiger partial charge < -0.3 is 20.4 Å². The van der Waals surface area contributed by atoms with Crippen LogP contribution in [0.25, 0.3) is 72.6 Å². The number of nitrogens with zero attached hydrogens (tertiary/aromatic N) is 4. The summed E-state index contributed by atoms with van der Waals surface area (Å²) in [4.78, 5) is 17.7. The number of hydrogen-bond acceptors (Lipinski definition) is 12. The Balaban J connectivity index is 1.12. The van der Waals surface area contributed by atoms with Gasteiger partial charge >= 0.3 is 12.4 Å². The summed E-state index contributed by atoms with van der Waals surface area (Å²) in [6, 6.07) is 14.0. The predicted molar refractivity (Wildman–Crippen MR) is 211 cm³/mol. The lowest BCUT2D eigenvalue weighted by molar-refractivity contribution is -0.288. The Labute approximate surface area is 332 Å². The first-order chi connectivity index (χ1) is 26.9. The van der Waals surface area contributed by atoms with Crippen LogP contribution in [-0.4, -0.2) is 52.7 Å². The number of aromatic hydroxyl groups is 4. The Morgan fingerprint density at radius 2 is 0.825 bits per heavy atom. The molecule has 0 aliphatic heterocycles. The van der Waals surface area contributed by atoms with Crippen LogP contribution >= 0.6 is 45.3 Å². The molecule has 9 aromatic rings. The van der Waals surface area contributed by atoms with Crippen molar-refractivity contribution < 1.29 is 46.8 Å².